The van der Waals surface area contributed by atoms with Crippen LogP contribution in [-0.4, -0.2) is 75.8 Å². The Kier molecular flexibility index (Phi) is 6.47. The van der Waals surface area contributed by atoms with Gasteiger partial charge in [0.15, 0.2) is 17.0 Å². The lowest BCUT2D eigenvalue weighted by Gasteiger charge is -2.33. The van der Waals surface area contributed by atoms with Crippen LogP contribution in [0.1, 0.15) is 23.9 Å². The molecule has 178 valence electrons. The van der Waals surface area contributed by atoms with Crippen molar-refractivity contribution < 1.29 is 17.9 Å². The van der Waals surface area contributed by atoms with Crippen molar-refractivity contribution in [3.63, 3.8) is 0 Å². The molecule has 5 rings (SSSR count). The van der Waals surface area contributed by atoms with Crippen LogP contribution in [0.4, 0.5) is 19.0 Å². The minimum Gasteiger partial charge on any atom is -0.379 e. The number of ether oxygens (including phenoxy) is 1. The van der Waals surface area contributed by atoms with E-state index in [1.54, 1.807) is 11.5 Å². The zero-order chi connectivity index (χ0) is 22.5. The molecule has 0 saturated carbocycles. The van der Waals surface area contributed by atoms with Crippen molar-refractivity contribution in [3.8, 4) is 11.4 Å². The molecule has 3 aromatic rings. The number of anilines is 1. The van der Waals surface area contributed by atoms with Crippen molar-refractivity contribution in [1.82, 2.24) is 29.4 Å². The number of halogens is 4. The minimum atomic E-state index is -4.53. The second-order valence-electron chi connectivity index (χ2n) is 8.30. The molecule has 12 heteroatoms. The van der Waals surface area contributed by atoms with Gasteiger partial charge >= 0.3 is 6.18 Å². The van der Waals surface area contributed by atoms with E-state index in [0.29, 0.717) is 42.4 Å². The van der Waals surface area contributed by atoms with Gasteiger partial charge in [-0.15, -0.1) is 12.4 Å². The number of likely N-dealkylation sites (N-methyl/N-ethyl adjacent to an activating group) is 1. The molecule has 2 saturated heterocycles. The van der Waals surface area contributed by atoms with Gasteiger partial charge in [-0.25, -0.2) is 15.0 Å². The standard InChI is InChI=1S/C21H24F3N7O.ClH/c1-13-26-19(30-8-6-29(2)7-9-30)17-20(27-13)31(14-4-10-32-12-14)18(28-17)15-11-25-5-3-16(15)21(22,23)24;/h3,5,11,14H,4,6-10,12H2,1-2H3;1H. The average molecular weight is 484 g/mol. The lowest BCUT2D eigenvalue weighted by molar-refractivity contribution is -0.137. The number of nitrogens with zero attached hydrogens (tertiary/aromatic N) is 7. The fourth-order valence-electron chi connectivity index (χ4n) is 4.39. The van der Waals surface area contributed by atoms with Crippen molar-refractivity contribution in [2.24, 2.45) is 0 Å². The molecule has 0 aromatic carbocycles. The van der Waals surface area contributed by atoms with Crippen LogP contribution in [0.25, 0.3) is 22.6 Å². The molecule has 2 fully saturated rings. The van der Waals surface area contributed by atoms with Gasteiger partial charge in [0.2, 0.25) is 0 Å². The van der Waals surface area contributed by atoms with Crippen LogP contribution in [0.2, 0.25) is 0 Å². The van der Waals surface area contributed by atoms with Gasteiger partial charge in [-0.2, -0.15) is 13.2 Å². The first-order valence-electron chi connectivity index (χ1n) is 10.6. The van der Waals surface area contributed by atoms with Gasteiger partial charge in [0, 0.05) is 50.7 Å². The molecule has 33 heavy (non-hydrogen) atoms. The zero-order valence-corrected chi connectivity index (χ0v) is 19.2. The highest BCUT2D eigenvalue weighted by Gasteiger charge is 2.37. The summed E-state index contributed by atoms with van der Waals surface area (Å²) in [5.74, 6) is 1.42. The maximum absolute atomic E-state index is 13.8. The third-order valence-corrected chi connectivity index (χ3v) is 6.07. The van der Waals surface area contributed by atoms with E-state index in [-0.39, 0.29) is 29.8 Å². The molecule has 3 aromatic heterocycles. The van der Waals surface area contributed by atoms with E-state index >= 15 is 0 Å². The Morgan fingerprint density at radius 1 is 1.09 bits per heavy atom. The van der Waals surface area contributed by atoms with Gasteiger partial charge in [0.05, 0.1) is 18.2 Å². The third-order valence-electron chi connectivity index (χ3n) is 6.07. The topological polar surface area (TPSA) is 72.2 Å². The van der Waals surface area contributed by atoms with Crippen LogP contribution in [0.15, 0.2) is 18.5 Å². The summed E-state index contributed by atoms with van der Waals surface area (Å²) in [5.41, 5.74) is 0.216. The third kappa shape index (κ3) is 4.36. The maximum atomic E-state index is 13.8. The van der Waals surface area contributed by atoms with Crippen LogP contribution >= 0.6 is 12.4 Å². The normalized spacial score (nSPS) is 19.8. The first-order valence-corrected chi connectivity index (χ1v) is 10.6. The molecule has 0 N–H and O–H groups in total. The summed E-state index contributed by atoms with van der Waals surface area (Å²) >= 11 is 0. The predicted molar refractivity (Wildman–Crippen MR) is 120 cm³/mol. The Morgan fingerprint density at radius 3 is 2.52 bits per heavy atom. The van der Waals surface area contributed by atoms with Gasteiger partial charge < -0.3 is 19.1 Å². The number of piperazine rings is 1. The molecule has 0 radical (unpaired) electrons. The fourth-order valence-corrected chi connectivity index (χ4v) is 4.39. The molecular formula is C21H25ClF3N7O. The fraction of sp³-hybridized carbons (Fsp3) is 0.524. The molecule has 0 amide bonds. The molecule has 0 bridgehead atoms. The van der Waals surface area contributed by atoms with Gasteiger partial charge in [-0.3, -0.25) is 4.98 Å². The van der Waals surface area contributed by atoms with Crippen molar-refractivity contribution in [1.29, 1.82) is 0 Å². The predicted octanol–water partition coefficient (Wildman–Crippen LogP) is 3.35. The highest BCUT2D eigenvalue weighted by atomic mass is 35.5. The summed E-state index contributed by atoms with van der Waals surface area (Å²) in [7, 11) is 2.06. The van der Waals surface area contributed by atoms with Crippen molar-refractivity contribution in [2.75, 3.05) is 51.3 Å². The molecule has 1 unspecified atom stereocenters. The summed E-state index contributed by atoms with van der Waals surface area (Å²) in [6.07, 6.45) is -1.48. The second-order valence-corrected chi connectivity index (χ2v) is 8.30. The second kappa shape index (κ2) is 9.03. The Hall–Kier alpha value is -2.50. The molecule has 0 aliphatic carbocycles. The smallest absolute Gasteiger partial charge is 0.379 e. The number of alkyl halides is 3. The average Bonchev–Trinajstić information content (AvgIpc) is 3.40. The summed E-state index contributed by atoms with van der Waals surface area (Å²) in [4.78, 5) is 22.3. The summed E-state index contributed by atoms with van der Waals surface area (Å²) in [5, 5.41) is 0. The number of fused-ring (bicyclic) bond motifs is 1. The van der Waals surface area contributed by atoms with Crippen molar-refractivity contribution >= 4 is 29.4 Å². The van der Waals surface area contributed by atoms with Crippen molar-refractivity contribution in [2.45, 2.75) is 25.6 Å². The van der Waals surface area contributed by atoms with Gasteiger partial charge in [-0.05, 0) is 26.5 Å². The molecule has 2 aliphatic heterocycles. The SMILES string of the molecule is Cc1nc(N2CCN(C)CC2)c2nc(-c3cnccc3C(F)(F)F)n(C3CCOC3)c2n1.Cl. The molecular weight excluding hydrogens is 459 g/mol. The largest absolute Gasteiger partial charge is 0.417 e. The number of aryl methyl sites for hydroxylation is 1. The van der Waals surface area contributed by atoms with Gasteiger partial charge in [-0.1, -0.05) is 0 Å². The maximum Gasteiger partial charge on any atom is 0.417 e. The lowest BCUT2D eigenvalue weighted by atomic mass is 10.1. The van der Waals surface area contributed by atoms with Crippen LogP contribution in [-0.2, 0) is 10.9 Å². The number of hydrogen-bond acceptors (Lipinski definition) is 7. The summed E-state index contributed by atoms with van der Waals surface area (Å²) in [6, 6.07) is 0.827. The molecule has 8 nitrogen and oxygen atoms in total. The lowest BCUT2D eigenvalue weighted by Crippen LogP contribution is -2.45. The Morgan fingerprint density at radius 2 is 1.85 bits per heavy atom. The monoisotopic (exact) mass is 483 g/mol. The van der Waals surface area contributed by atoms with Crippen LogP contribution in [0.3, 0.4) is 0 Å². The van der Waals surface area contributed by atoms with E-state index in [0.717, 1.165) is 38.4 Å². The highest BCUT2D eigenvalue weighted by molar-refractivity contribution is 5.88. The first-order chi connectivity index (χ1) is 15.3. The Bertz CT molecular complexity index is 1140. The Balaban J connectivity index is 0.00000259. The van der Waals surface area contributed by atoms with Crippen LogP contribution < -0.4 is 4.90 Å². The quantitative estimate of drug-likeness (QED) is 0.565. The summed E-state index contributed by atoms with van der Waals surface area (Å²) in [6.45, 7) is 6.00. The van der Waals surface area contributed by atoms with Gasteiger partial charge in [0.25, 0.3) is 0 Å². The van der Waals surface area contributed by atoms with E-state index in [1.807, 2.05) is 0 Å². The number of imidazole rings is 1. The Labute approximate surface area is 195 Å². The molecule has 0 spiro atoms. The van der Waals surface area contributed by atoms with Gasteiger partial charge in [0.1, 0.15) is 11.6 Å². The van der Waals surface area contributed by atoms with Crippen LogP contribution in [0.5, 0.6) is 0 Å². The van der Waals surface area contributed by atoms with E-state index in [4.69, 9.17) is 9.72 Å². The number of rotatable bonds is 3. The summed E-state index contributed by atoms with van der Waals surface area (Å²) < 4.78 is 48.9. The van der Waals surface area contributed by atoms with E-state index in [9.17, 15) is 13.2 Å². The van der Waals surface area contributed by atoms with Crippen LogP contribution in [0, 0.1) is 6.92 Å². The number of pyridine rings is 1. The zero-order valence-electron chi connectivity index (χ0n) is 18.3. The molecule has 2 aliphatic rings. The van der Waals surface area contributed by atoms with Crippen molar-refractivity contribution in [3.05, 3.63) is 29.8 Å². The first kappa shape index (κ1) is 23.7. The highest BCUT2D eigenvalue weighted by Crippen LogP contribution is 2.40. The molecule has 1 atom stereocenters. The number of hydrogen-bond donors (Lipinski definition) is 0. The van der Waals surface area contributed by atoms with E-state index in [2.05, 4.69) is 31.8 Å². The van der Waals surface area contributed by atoms with E-state index in [1.165, 1.54) is 6.20 Å². The van der Waals surface area contributed by atoms with E-state index < -0.39 is 11.7 Å². The minimum absolute atomic E-state index is 0. The number of aromatic nitrogens is 5. The molecule has 5 heterocycles.